The Morgan fingerprint density at radius 1 is 1.41 bits per heavy atom. The normalized spacial score (nSPS) is 11.6. The first kappa shape index (κ1) is 15.5. The molecule has 1 atom stereocenters. The Balaban J connectivity index is 3.55. The summed E-state index contributed by atoms with van der Waals surface area (Å²) in [4.78, 5) is 21.6. The summed E-state index contributed by atoms with van der Waals surface area (Å²) in [5.41, 5.74) is 0. The van der Waals surface area contributed by atoms with Gasteiger partial charge in [-0.1, -0.05) is 13.5 Å². The van der Waals surface area contributed by atoms with Crippen LogP contribution in [0, 0.1) is 0 Å². The Morgan fingerprint density at radius 2 is 2.12 bits per heavy atom. The zero-order chi connectivity index (χ0) is 13.1. The average molecular weight is 242 g/mol. The number of hydrogen-bond donors (Lipinski definition) is 3. The first-order valence-corrected chi connectivity index (χ1v) is 5.95. The summed E-state index contributed by atoms with van der Waals surface area (Å²) < 4.78 is 0. The molecule has 3 N–H and O–H groups in total. The zero-order valence-electron chi connectivity index (χ0n) is 10.4. The second kappa shape index (κ2) is 9.69. The number of carboxylic acid groups (broad SMARTS) is 1. The van der Waals surface area contributed by atoms with Crippen molar-refractivity contribution in [3.8, 4) is 0 Å². The van der Waals surface area contributed by atoms with Gasteiger partial charge in [-0.05, 0) is 25.5 Å². The molecule has 0 spiro atoms. The topological polar surface area (TPSA) is 78.4 Å². The van der Waals surface area contributed by atoms with E-state index >= 15 is 0 Å². The van der Waals surface area contributed by atoms with Crippen LogP contribution in [0.2, 0.25) is 0 Å². The van der Waals surface area contributed by atoms with Crippen molar-refractivity contribution in [3.05, 3.63) is 12.8 Å². The van der Waals surface area contributed by atoms with Crippen molar-refractivity contribution in [1.82, 2.24) is 10.6 Å². The lowest BCUT2D eigenvalue weighted by Gasteiger charge is -2.15. The minimum atomic E-state index is -0.862. The summed E-state index contributed by atoms with van der Waals surface area (Å²) in [6.07, 6.45) is 4.18. The molecule has 5 nitrogen and oxygen atoms in total. The van der Waals surface area contributed by atoms with E-state index in [4.69, 9.17) is 5.11 Å². The fraction of sp³-hybridized carbons (Fsp3) is 0.667. The largest absolute Gasteiger partial charge is 0.481 e. The van der Waals surface area contributed by atoms with Crippen molar-refractivity contribution in [1.29, 1.82) is 0 Å². The van der Waals surface area contributed by atoms with Crippen LogP contribution in [0.25, 0.3) is 0 Å². The number of aliphatic carboxylic acids is 1. The van der Waals surface area contributed by atoms with Crippen molar-refractivity contribution in [3.63, 3.8) is 0 Å². The summed E-state index contributed by atoms with van der Waals surface area (Å²) in [5, 5.41) is 14.3. The Labute approximate surface area is 102 Å². The molecule has 0 radical (unpaired) electrons. The Kier molecular flexibility index (Phi) is 8.82. The van der Waals surface area contributed by atoms with Gasteiger partial charge >= 0.3 is 5.97 Å². The first-order chi connectivity index (χ1) is 8.10. The molecule has 1 amide bonds. The molecule has 0 heterocycles. The molecule has 0 saturated heterocycles. The zero-order valence-corrected chi connectivity index (χ0v) is 10.4. The van der Waals surface area contributed by atoms with Gasteiger partial charge in [-0.25, -0.2) is 0 Å². The second-order valence-corrected chi connectivity index (χ2v) is 3.86. The molecule has 0 aliphatic carbocycles. The Bertz CT molecular complexity index is 254. The van der Waals surface area contributed by atoms with Crippen LogP contribution in [0.15, 0.2) is 12.8 Å². The van der Waals surface area contributed by atoms with Crippen LogP contribution >= 0.6 is 0 Å². The molecule has 0 aromatic heterocycles. The van der Waals surface area contributed by atoms with Crippen LogP contribution in [-0.2, 0) is 9.59 Å². The molecule has 0 fully saturated rings. The average Bonchev–Trinajstić information content (AvgIpc) is 2.27. The van der Waals surface area contributed by atoms with E-state index < -0.39 is 5.97 Å². The summed E-state index contributed by atoms with van der Waals surface area (Å²) in [6.45, 7) is 6.26. The van der Waals surface area contributed by atoms with Crippen LogP contribution in [0.4, 0.5) is 0 Å². The number of carbonyl (C=O) groups is 2. The SMILES string of the molecule is C=CNC(CC)CCNC(=O)CCCC(=O)O. The summed E-state index contributed by atoms with van der Waals surface area (Å²) in [6, 6.07) is 0.326. The molecule has 0 saturated carbocycles. The third kappa shape index (κ3) is 9.41. The maximum atomic E-state index is 11.3. The number of rotatable bonds is 10. The van der Waals surface area contributed by atoms with Crippen LogP contribution in [0.3, 0.4) is 0 Å². The standard InChI is InChI=1S/C12H22N2O3/c1-3-10(13-4-2)8-9-14-11(15)6-5-7-12(16)17/h4,10,13H,2-3,5-9H2,1H3,(H,14,15)(H,16,17). The lowest BCUT2D eigenvalue weighted by Crippen LogP contribution is -2.31. The highest BCUT2D eigenvalue weighted by Crippen LogP contribution is 1.98. The van der Waals surface area contributed by atoms with Gasteiger partial charge in [0.05, 0.1) is 0 Å². The molecule has 17 heavy (non-hydrogen) atoms. The van der Waals surface area contributed by atoms with Crippen molar-refractivity contribution in [2.24, 2.45) is 0 Å². The summed E-state index contributed by atoms with van der Waals surface area (Å²) in [7, 11) is 0. The van der Waals surface area contributed by atoms with Gasteiger partial charge in [-0.2, -0.15) is 0 Å². The van der Waals surface area contributed by atoms with Gasteiger partial charge in [-0.15, -0.1) is 0 Å². The van der Waals surface area contributed by atoms with Crippen molar-refractivity contribution in [2.75, 3.05) is 6.54 Å². The molecule has 0 aliphatic rings. The van der Waals surface area contributed by atoms with Gasteiger partial charge in [0.2, 0.25) is 5.91 Å². The lowest BCUT2D eigenvalue weighted by atomic mass is 10.1. The van der Waals surface area contributed by atoms with Crippen molar-refractivity contribution >= 4 is 11.9 Å². The third-order valence-corrected chi connectivity index (χ3v) is 2.46. The highest BCUT2D eigenvalue weighted by Gasteiger charge is 2.06. The molecule has 5 heteroatoms. The summed E-state index contributed by atoms with van der Waals surface area (Å²) >= 11 is 0. The molecule has 0 rings (SSSR count). The van der Waals surface area contributed by atoms with Gasteiger partial charge in [0, 0.05) is 25.4 Å². The number of hydrogen-bond acceptors (Lipinski definition) is 3. The molecule has 0 aromatic rings. The number of amides is 1. The molecule has 0 bridgehead atoms. The van der Waals surface area contributed by atoms with Crippen molar-refractivity contribution < 1.29 is 14.7 Å². The molecule has 0 aliphatic heterocycles. The van der Waals surface area contributed by atoms with E-state index in [0.29, 0.717) is 19.0 Å². The third-order valence-electron chi connectivity index (χ3n) is 2.46. The van der Waals surface area contributed by atoms with Crippen LogP contribution in [0.1, 0.15) is 39.0 Å². The predicted octanol–water partition coefficient (Wildman–Crippen LogP) is 1.26. The van der Waals surface area contributed by atoms with Crippen LogP contribution in [-0.4, -0.2) is 29.6 Å². The fourth-order valence-corrected chi connectivity index (χ4v) is 1.45. The molecular formula is C12H22N2O3. The summed E-state index contributed by atoms with van der Waals surface area (Å²) in [5.74, 6) is -0.946. The van der Waals surface area contributed by atoms with E-state index in [0.717, 1.165) is 12.8 Å². The molecule has 98 valence electrons. The highest BCUT2D eigenvalue weighted by atomic mass is 16.4. The van der Waals surface area contributed by atoms with E-state index in [2.05, 4.69) is 24.1 Å². The van der Waals surface area contributed by atoms with E-state index in [1.54, 1.807) is 6.20 Å². The number of carboxylic acids is 1. The number of carbonyl (C=O) groups excluding carboxylic acids is 1. The second-order valence-electron chi connectivity index (χ2n) is 3.86. The van der Waals surface area contributed by atoms with E-state index in [9.17, 15) is 9.59 Å². The predicted molar refractivity (Wildman–Crippen MR) is 66.5 cm³/mol. The van der Waals surface area contributed by atoms with Gasteiger partial charge < -0.3 is 15.7 Å². The van der Waals surface area contributed by atoms with Gasteiger partial charge in [-0.3, -0.25) is 9.59 Å². The monoisotopic (exact) mass is 242 g/mol. The Hall–Kier alpha value is -1.52. The van der Waals surface area contributed by atoms with Gasteiger partial charge in [0.25, 0.3) is 0 Å². The van der Waals surface area contributed by atoms with Crippen LogP contribution < -0.4 is 10.6 Å². The maximum Gasteiger partial charge on any atom is 0.303 e. The minimum absolute atomic E-state index is 0.0447. The van der Waals surface area contributed by atoms with E-state index in [1.807, 2.05) is 0 Å². The highest BCUT2D eigenvalue weighted by molar-refractivity contribution is 5.76. The first-order valence-electron chi connectivity index (χ1n) is 5.95. The van der Waals surface area contributed by atoms with E-state index in [1.165, 1.54) is 0 Å². The fourth-order valence-electron chi connectivity index (χ4n) is 1.45. The van der Waals surface area contributed by atoms with Crippen LogP contribution in [0.5, 0.6) is 0 Å². The Morgan fingerprint density at radius 3 is 2.65 bits per heavy atom. The minimum Gasteiger partial charge on any atom is -0.481 e. The van der Waals surface area contributed by atoms with Gasteiger partial charge in [0.15, 0.2) is 0 Å². The molecular weight excluding hydrogens is 220 g/mol. The molecule has 1 unspecified atom stereocenters. The quantitative estimate of drug-likeness (QED) is 0.539. The smallest absolute Gasteiger partial charge is 0.303 e. The van der Waals surface area contributed by atoms with Gasteiger partial charge in [0.1, 0.15) is 0 Å². The maximum absolute atomic E-state index is 11.3. The lowest BCUT2D eigenvalue weighted by molar-refractivity contribution is -0.137. The molecule has 0 aromatic carbocycles. The van der Waals surface area contributed by atoms with Crippen molar-refractivity contribution in [2.45, 2.75) is 45.1 Å². The van der Waals surface area contributed by atoms with E-state index in [-0.39, 0.29) is 18.7 Å². The number of nitrogens with one attached hydrogen (secondary N) is 2.